The highest BCUT2D eigenvalue weighted by Crippen LogP contribution is 2.44. The lowest BCUT2D eigenvalue weighted by molar-refractivity contribution is -0.130. The molecule has 1 fully saturated rings. The van der Waals surface area contributed by atoms with Crippen LogP contribution in [0, 0.1) is 0 Å². The second kappa shape index (κ2) is 6.37. The van der Waals surface area contributed by atoms with Crippen molar-refractivity contribution < 1.29 is 19.4 Å². The number of carbonyl (C=O) groups excluding carboxylic acids is 1. The van der Waals surface area contributed by atoms with Crippen LogP contribution in [0.1, 0.15) is 17.9 Å². The van der Waals surface area contributed by atoms with Crippen LogP contribution in [0.2, 0.25) is 0 Å². The molecule has 0 bridgehead atoms. The number of benzene rings is 1. The van der Waals surface area contributed by atoms with Crippen LogP contribution in [0.4, 0.5) is 0 Å². The Morgan fingerprint density at radius 3 is 2.60 bits per heavy atom. The number of aliphatic hydroxyl groups excluding tert-OH is 1. The quantitative estimate of drug-likeness (QED) is 0.895. The van der Waals surface area contributed by atoms with Gasteiger partial charge in [0, 0.05) is 6.54 Å². The Labute approximate surface area is 122 Å². The van der Waals surface area contributed by atoms with Gasteiger partial charge in [-0.1, -0.05) is 6.07 Å². The van der Waals surface area contributed by atoms with Crippen molar-refractivity contribution in [1.29, 1.82) is 0 Å². The lowest BCUT2D eigenvalue weighted by atomic mass is 10.1. The van der Waals surface area contributed by atoms with Crippen LogP contribution in [-0.2, 0) is 4.79 Å². The second-order valence-electron chi connectivity index (χ2n) is 4.50. The number of β-amino-alcohol motifs (C(OH)–C–C–N with tert-alkyl or cyclic N) is 1. The van der Waals surface area contributed by atoms with E-state index in [0.717, 1.165) is 5.56 Å². The molecule has 1 aromatic rings. The third kappa shape index (κ3) is 2.71. The highest BCUT2D eigenvalue weighted by Gasteiger charge is 2.38. The summed E-state index contributed by atoms with van der Waals surface area (Å²) in [5.74, 6) is 1.36. The number of hydrogen-bond donors (Lipinski definition) is 1. The molecule has 2 atom stereocenters. The molecule has 0 spiro atoms. The van der Waals surface area contributed by atoms with E-state index in [1.807, 2.05) is 25.1 Å². The van der Waals surface area contributed by atoms with Crippen LogP contribution >= 0.6 is 11.8 Å². The topological polar surface area (TPSA) is 59.0 Å². The molecule has 0 radical (unpaired) electrons. The lowest BCUT2D eigenvalue weighted by Gasteiger charge is -2.23. The van der Waals surface area contributed by atoms with E-state index in [1.54, 1.807) is 30.9 Å². The zero-order chi connectivity index (χ0) is 14.7. The zero-order valence-corrected chi connectivity index (χ0v) is 12.6. The van der Waals surface area contributed by atoms with Crippen LogP contribution in [0.5, 0.6) is 11.5 Å². The summed E-state index contributed by atoms with van der Waals surface area (Å²) in [5, 5.41) is 8.94. The fraction of sp³-hybridized carbons (Fsp3) is 0.500. The summed E-state index contributed by atoms with van der Waals surface area (Å²) in [6, 6.07) is 5.64. The van der Waals surface area contributed by atoms with Crippen LogP contribution in [-0.4, -0.2) is 48.5 Å². The Kier molecular flexibility index (Phi) is 4.77. The van der Waals surface area contributed by atoms with Crippen molar-refractivity contribution in [2.24, 2.45) is 0 Å². The molecule has 6 heteroatoms. The van der Waals surface area contributed by atoms with E-state index in [0.29, 0.717) is 18.0 Å². The van der Waals surface area contributed by atoms with E-state index in [4.69, 9.17) is 14.6 Å². The molecule has 0 aliphatic carbocycles. The molecule has 110 valence electrons. The molecular formula is C14H19NO4S. The maximum atomic E-state index is 12.1. The molecule has 1 aromatic carbocycles. The first-order chi connectivity index (χ1) is 9.62. The summed E-state index contributed by atoms with van der Waals surface area (Å²) < 4.78 is 10.5. The van der Waals surface area contributed by atoms with Gasteiger partial charge in [-0.15, -0.1) is 11.8 Å². The number of ether oxygens (including phenoxy) is 2. The number of nitrogens with zero attached hydrogens (tertiary/aromatic N) is 1. The number of carbonyl (C=O) groups is 1. The van der Waals surface area contributed by atoms with Gasteiger partial charge in [0.2, 0.25) is 5.91 Å². The van der Waals surface area contributed by atoms with Gasteiger partial charge in [-0.2, -0.15) is 0 Å². The second-order valence-corrected chi connectivity index (χ2v) is 5.93. The Morgan fingerprint density at radius 2 is 2.00 bits per heavy atom. The maximum Gasteiger partial charge on any atom is 0.236 e. The van der Waals surface area contributed by atoms with Crippen LogP contribution < -0.4 is 9.47 Å². The molecule has 5 nitrogen and oxygen atoms in total. The largest absolute Gasteiger partial charge is 0.493 e. The number of thioether (sulfide) groups is 1. The van der Waals surface area contributed by atoms with Gasteiger partial charge in [0.05, 0.1) is 26.1 Å². The molecule has 1 aliphatic heterocycles. The molecule has 1 N–H and O–H groups in total. The van der Waals surface area contributed by atoms with E-state index in [9.17, 15) is 4.79 Å². The predicted molar refractivity (Wildman–Crippen MR) is 78.1 cm³/mol. The van der Waals surface area contributed by atoms with Gasteiger partial charge in [-0.25, -0.2) is 0 Å². The van der Waals surface area contributed by atoms with Gasteiger partial charge < -0.3 is 19.5 Å². The van der Waals surface area contributed by atoms with Crippen molar-refractivity contribution in [2.75, 3.05) is 27.4 Å². The van der Waals surface area contributed by atoms with Gasteiger partial charge in [-0.3, -0.25) is 4.79 Å². The standard InChI is InChI=1S/C14H19NO4S/c1-9-13(17)15(6-7-16)14(20-9)10-4-5-11(18-2)12(8-10)19-3/h4-5,8-9,14,16H,6-7H2,1-3H3/t9-,14-/m1/s1. The molecule has 0 unspecified atom stereocenters. The molecule has 1 amide bonds. The van der Waals surface area contributed by atoms with Crippen molar-refractivity contribution in [3.63, 3.8) is 0 Å². The first-order valence-electron chi connectivity index (χ1n) is 6.41. The molecule has 1 heterocycles. The average molecular weight is 297 g/mol. The fourth-order valence-electron chi connectivity index (χ4n) is 2.27. The summed E-state index contributed by atoms with van der Waals surface area (Å²) >= 11 is 1.58. The van der Waals surface area contributed by atoms with E-state index < -0.39 is 0 Å². The minimum absolute atomic E-state index is 0.0389. The van der Waals surface area contributed by atoms with E-state index in [1.165, 1.54) is 0 Å². The van der Waals surface area contributed by atoms with Crippen molar-refractivity contribution in [1.82, 2.24) is 4.90 Å². The molecule has 0 saturated carbocycles. The summed E-state index contributed by atoms with van der Waals surface area (Å²) in [5.41, 5.74) is 0.971. The number of hydrogen-bond acceptors (Lipinski definition) is 5. The molecule has 20 heavy (non-hydrogen) atoms. The smallest absolute Gasteiger partial charge is 0.236 e. The Bertz CT molecular complexity index is 494. The Hall–Kier alpha value is -1.40. The van der Waals surface area contributed by atoms with E-state index in [2.05, 4.69) is 0 Å². The molecule has 1 saturated heterocycles. The minimum Gasteiger partial charge on any atom is -0.493 e. The number of rotatable bonds is 5. The van der Waals surface area contributed by atoms with Crippen LogP contribution in [0.25, 0.3) is 0 Å². The average Bonchev–Trinajstić information content (AvgIpc) is 2.75. The van der Waals surface area contributed by atoms with Gasteiger partial charge in [0.25, 0.3) is 0 Å². The summed E-state index contributed by atoms with van der Waals surface area (Å²) in [6.07, 6.45) is 0. The third-order valence-electron chi connectivity index (χ3n) is 3.28. The summed E-state index contributed by atoms with van der Waals surface area (Å²) in [6.45, 7) is 2.19. The van der Waals surface area contributed by atoms with Gasteiger partial charge in [-0.05, 0) is 24.6 Å². The van der Waals surface area contributed by atoms with Crippen LogP contribution in [0.3, 0.4) is 0 Å². The van der Waals surface area contributed by atoms with Gasteiger partial charge >= 0.3 is 0 Å². The van der Waals surface area contributed by atoms with Crippen molar-refractivity contribution >= 4 is 17.7 Å². The van der Waals surface area contributed by atoms with Crippen molar-refractivity contribution in [3.05, 3.63) is 23.8 Å². The third-order valence-corrected chi connectivity index (χ3v) is 4.67. The molecule has 2 rings (SSSR count). The van der Waals surface area contributed by atoms with Crippen molar-refractivity contribution in [2.45, 2.75) is 17.5 Å². The first kappa shape index (κ1) is 15.0. The SMILES string of the molecule is COc1ccc([C@H]2S[C@H](C)C(=O)N2CCO)cc1OC. The van der Waals surface area contributed by atoms with Gasteiger partial charge in [0.1, 0.15) is 5.37 Å². The Balaban J connectivity index is 2.32. The highest BCUT2D eigenvalue weighted by atomic mass is 32.2. The monoisotopic (exact) mass is 297 g/mol. The van der Waals surface area contributed by atoms with Crippen LogP contribution in [0.15, 0.2) is 18.2 Å². The number of aliphatic hydroxyl groups is 1. The summed E-state index contributed by atoms with van der Waals surface area (Å²) in [4.78, 5) is 13.8. The Morgan fingerprint density at radius 1 is 1.30 bits per heavy atom. The molecule has 1 aliphatic rings. The minimum atomic E-state index is -0.0975. The fourth-order valence-corrected chi connectivity index (χ4v) is 3.57. The number of methoxy groups -OCH3 is 2. The molecule has 0 aromatic heterocycles. The normalized spacial score (nSPS) is 22.2. The zero-order valence-electron chi connectivity index (χ0n) is 11.8. The van der Waals surface area contributed by atoms with Crippen molar-refractivity contribution in [3.8, 4) is 11.5 Å². The van der Waals surface area contributed by atoms with E-state index >= 15 is 0 Å². The first-order valence-corrected chi connectivity index (χ1v) is 7.35. The highest BCUT2D eigenvalue weighted by molar-refractivity contribution is 8.01. The van der Waals surface area contributed by atoms with Gasteiger partial charge in [0.15, 0.2) is 11.5 Å². The number of amides is 1. The van der Waals surface area contributed by atoms with E-state index in [-0.39, 0.29) is 23.1 Å². The summed E-state index contributed by atoms with van der Waals surface area (Å²) in [7, 11) is 3.17. The lowest BCUT2D eigenvalue weighted by Crippen LogP contribution is -2.32. The predicted octanol–water partition coefficient (Wildman–Crippen LogP) is 1.66. The maximum absolute atomic E-state index is 12.1. The molecular weight excluding hydrogens is 278 g/mol.